The molecule has 76 valence electrons. The van der Waals surface area contributed by atoms with Gasteiger partial charge in [0.25, 0.3) is 5.56 Å². The predicted molar refractivity (Wildman–Crippen MR) is 54.2 cm³/mol. The Bertz CT molecular complexity index is 362. The van der Waals surface area contributed by atoms with E-state index in [0.717, 1.165) is 19.5 Å². The molecule has 14 heavy (non-hydrogen) atoms. The summed E-state index contributed by atoms with van der Waals surface area (Å²) in [4.78, 5) is 20.1. The number of H-pyrrole nitrogens is 1. The Balaban J connectivity index is 2.18. The first-order valence-electron chi connectivity index (χ1n) is 4.80. The molecule has 5 heteroatoms. The number of aromatic nitrogens is 2. The van der Waals surface area contributed by atoms with Crippen LogP contribution in [0, 0.1) is 5.92 Å². The van der Waals surface area contributed by atoms with E-state index in [1.54, 1.807) is 12.4 Å². The van der Waals surface area contributed by atoms with E-state index < -0.39 is 0 Å². The first kappa shape index (κ1) is 9.21. The van der Waals surface area contributed by atoms with Gasteiger partial charge in [-0.2, -0.15) is 0 Å². The van der Waals surface area contributed by atoms with E-state index in [9.17, 15) is 4.79 Å². The smallest absolute Gasteiger partial charge is 0.290 e. The van der Waals surface area contributed by atoms with Crippen LogP contribution >= 0.6 is 0 Å². The average Bonchev–Trinajstić information content (AvgIpc) is 2.67. The fourth-order valence-corrected chi connectivity index (χ4v) is 1.79. The van der Waals surface area contributed by atoms with E-state index in [2.05, 4.69) is 9.97 Å². The monoisotopic (exact) mass is 194 g/mol. The van der Waals surface area contributed by atoms with Gasteiger partial charge < -0.3 is 15.6 Å². The molecule has 0 amide bonds. The highest BCUT2D eigenvalue weighted by Gasteiger charge is 2.23. The highest BCUT2D eigenvalue weighted by molar-refractivity contribution is 5.36. The highest BCUT2D eigenvalue weighted by atomic mass is 16.1. The highest BCUT2D eigenvalue weighted by Crippen LogP contribution is 2.17. The molecule has 0 aliphatic carbocycles. The van der Waals surface area contributed by atoms with Gasteiger partial charge >= 0.3 is 0 Å². The summed E-state index contributed by atoms with van der Waals surface area (Å²) in [5.74, 6) is 1.01. The van der Waals surface area contributed by atoms with Crippen LogP contribution in [0.15, 0.2) is 17.2 Å². The van der Waals surface area contributed by atoms with Gasteiger partial charge in [0.15, 0.2) is 5.82 Å². The summed E-state index contributed by atoms with van der Waals surface area (Å²) >= 11 is 0. The lowest BCUT2D eigenvalue weighted by atomic mass is 10.1. The number of anilines is 1. The van der Waals surface area contributed by atoms with E-state index in [0.29, 0.717) is 18.3 Å². The first-order chi connectivity index (χ1) is 6.81. The summed E-state index contributed by atoms with van der Waals surface area (Å²) in [7, 11) is 0. The zero-order chi connectivity index (χ0) is 9.97. The molecule has 5 nitrogen and oxygen atoms in total. The Morgan fingerprint density at radius 3 is 3.21 bits per heavy atom. The molecule has 1 saturated heterocycles. The predicted octanol–water partition coefficient (Wildman–Crippen LogP) is -0.445. The molecular weight excluding hydrogens is 180 g/mol. The molecule has 0 radical (unpaired) electrons. The summed E-state index contributed by atoms with van der Waals surface area (Å²) < 4.78 is 0. The third-order valence-corrected chi connectivity index (χ3v) is 2.61. The molecule has 0 saturated carbocycles. The zero-order valence-corrected chi connectivity index (χ0v) is 7.94. The van der Waals surface area contributed by atoms with Gasteiger partial charge in [-0.15, -0.1) is 0 Å². The number of hydrogen-bond donors (Lipinski definition) is 2. The Labute approximate surface area is 82.0 Å². The van der Waals surface area contributed by atoms with Crippen LogP contribution in [0.4, 0.5) is 5.82 Å². The standard InChI is InChI=1S/C9H14N4O/c10-5-7-1-4-13(6-7)8-9(14)12-3-2-11-8/h2-3,7H,1,4-6,10H2,(H,12,14)/t7-/m1/s1. The molecule has 0 spiro atoms. The second kappa shape index (κ2) is 3.79. The second-order valence-electron chi connectivity index (χ2n) is 3.58. The summed E-state index contributed by atoms with van der Waals surface area (Å²) in [5.41, 5.74) is 5.46. The van der Waals surface area contributed by atoms with E-state index in [1.807, 2.05) is 4.90 Å². The minimum absolute atomic E-state index is 0.120. The van der Waals surface area contributed by atoms with Crippen molar-refractivity contribution in [1.29, 1.82) is 0 Å². The van der Waals surface area contributed by atoms with Gasteiger partial charge in [0.2, 0.25) is 0 Å². The molecular formula is C9H14N4O. The molecule has 0 bridgehead atoms. The van der Waals surface area contributed by atoms with Crippen molar-refractivity contribution in [3.63, 3.8) is 0 Å². The molecule has 1 aliphatic rings. The Morgan fingerprint density at radius 1 is 1.71 bits per heavy atom. The summed E-state index contributed by atoms with van der Waals surface area (Å²) in [6.45, 7) is 2.40. The van der Waals surface area contributed by atoms with Gasteiger partial charge in [0, 0.05) is 25.5 Å². The maximum Gasteiger partial charge on any atom is 0.290 e. The first-order valence-corrected chi connectivity index (χ1v) is 4.80. The minimum atomic E-state index is -0.120. The molecule has 1 fully saturated rings. The fourth-order valence-electron chi connectivity index (χ4n) is 1.79. The van der Waals surface area contributed by atoms with Crippen molar-refractivity contribution in [2.75, 3.05) is 24.5 Å². The summed E-state index contributed by atoms with van der Waals surface area (Å²) in [6.07, 6.45) is 4.20. The molecule has 2 rings (SSSR count). The molecule has 0 unspecified atom stereocenters. The third-order valence-electron chi connectivity index (χ3n) is 2.61. The lowest BCUT2D eigenvalue weighted by Crippen LogP contribution is -2.29. The largest absolute Gasteiger partial charge is 0.352 e. The molecule has 1 aromatic rings. The third kappa shape index (κ3) is 1.63. The Kier molecular flexibility index (Phi) is 2.49. The number of nitrogens with two attached hydrogens (primary N) is 1. The Hall–Kier alpha value is -1.36. The lowest BCUT2D eigenvalue weighted by molar-refractivity contribution is 0.602. The van der Waals surface area contributed by atoms with Crippen LogP contribution in [0.1, 0.15) is 6.42 Å². The van der Waals surface area contributed by atoms with E-state index >= 15 is 0 Å². The van der Waals surface area contributed by atoms with Crippen molar-refractivity contribution in [1.82, 2.24) is 9.97 Å². The normalized spacial score (nSPS) is 21.5. The SMILES string of the molecule is NC[C@H]1CCN(c2ncc[nH]c2=O)C1. The molecule has 0 aromatic carbocycles. The number of hydrogen-bond acceptors (Lipinski definition) is 4. The van der Waals surface area contributed by atoms with Crippen LogP contribution in [0.25, 0.3) is 0 Å². The van der Waals surface area contributed by atoms with E-state index in [-0.39, 0.29) is 5.56 Å². The lowest BCUT2D eigenvalue weighted by Gasteiger charge is -2.15. The van der Waals surface area contributed by atoms with E-state index in [4.69, 9.17) is 5.73 Å². The molecule has 1 aliphatic heterocycles. The van der Waals surface area contributed by atoms with Crippen LogP contribution in [0.5, 0.6) is 0 Å². The molecule has 1 aromatic heterocycles. The van der Waals surface area contributed by atoms with Gasteiger partial charge in [-0.3, -0.25) is 4.79 Å². The van der Waals surface area contributed by atoms with Gasteiger partial charge in [-0.05, 0) is 18.9 Å². The molecule has 2 heterocycles. The van der Waals surface area contributed by atoms with Crippen molar-refractivity contribution in [3.8, 4) is 0 Å². The molecule has 3 N–H and O–H groups in total. The van der Waals surface area contributed by atoms with Gasteiger partial charge in [-0.25, -0.2) is 4.98 Å². The number of nitrogens with zero attached hydrogens (tertiary/aromatic N) is 2. The van der Waals surface area contributed by atoms with Gasteiger partial charge in [-0.1, -0.05) is 0 Å². The quantitative estimate of drug-likeness (QED) is 0.669. The number of rotatable bonds is 2. The van der Waals surface area contributed by atoms with Crippen molar-refractivity contribution in [2.24, 2.45) is 11.7 Å². The van der Waals surface area contributed by atoms with Crippen molar-refractivity contribution in [3.05, 3.63) is 22.7 Å². The summed E-state index contributed by atoms with van der Waals surface area (Å²) in [6, 6.07) is 0. The number of nitrogens with one attached hydrogen (secondary N) is 1. The topological polar surface area (TPSA) is 75.0 Å². The second-order valence-corrected chi connectivity index (χ2v) is 3.58. The Morgan fingerprint density at radius 2 is 2.57 bits per heavy atom. The maximum absolute atomic E-state index is 11.4. The van der Waals surface area contributed by atoms with E-state index in [1.165, 1.54) is 0 Å². The van der Waals surface area contributed by atoms with Crippen molar-refractivity contribution in [2.45, 2.75) is 6.42 Å². The average molecular weight is 194 g/mol. The fraction of sp³-hybridized carbons (Fsp3) is 0.556. The van der Waals surface area contributed by atoms with Crippen LogP contribution in [-0.2, 0) is 0 Å². The van der Waals surface area contributed by atoms with Crippen LogP contribution in [-0.4, -0.2) is 29.6 Å². The van der Waals surface area contributed by atoms with Crippen molar-refractivity contribution >= 4 is 5.82 Å². The zero-order valence-electron chi connectivity index (χ0n) is 7.94. The van der Waals surface area contributed by atoms with Gasteiger partial charge in [0.05, 0.1) is 0 Å². The maximum atomic E-state index is 11.4. The number of aromatic amines is 1. The van der Waals surface area contributed by atoms with Crippen LogP contribution in [0.3, 0.4) is 0 Å². The molecule has 1 atom stereocenters. The summed E-state index contributed by atoms with van der Waals surface area (Å²) in [5, 5.41) is 0. The van der Waals surface area contributed by atoms with Crippen LogP contribution in [0.2, 0.25) is 0 Å². The van der Waals surface area contributed by atoms with Crippen molar-refractivity contribution < 1.29 is 0 Å². The van der Waals surface area contributed by atoms with Crippen LogP contribution < -0.4 is 16.2 Å². The van der Waals surface area contributed by atoms with Gasteiger partial charge in [0.1, 0.15) is 0 Å². The minimum Gasteiger partial charge on any atom is -0.352 e.